The molecule has 0 radical (unpaired) electrons. The van der Waals surface area contributed by atoms with Crippen molar-refractivity contribution in [1.29, 1.82) is 0 Å². The summed E-state index contributed by atoms with van der Waals surface area (Å²) in [7, 11) is 3.21. The van der Waals surface area contributed by atoms with Gasteiger partial charge in [-0.05, 0) is 32.9 Å². The van der Waals surface area contributed by atoms with E-state index in [-0.39, 0.29) is 5.91 Å². The highest BCUT2D eigenvalue weighted by atomic mass is 16.5. The molecule has 1 N–H and O–H groups in total. The van der Waals surface area contributed by atoms with Crippen LogP contribution in [0, 0.1) is 6.92 Å². The van der Waals surface area contributed by atoms with Gasteiger partial charge < -0.3 is 14.5 Å². The lowest BCUT2D eigenvalue weighted by atomic mass is 10.1. The fourth-order valence-corrected chi connectivity index (χ4v) is 3.20. The highest BCUT2D eigenvalue weighted by molar-refractivity contribution is 5.90. The number of likely N-dealkylation sites (N-methyl/N-ethyl adjacent to an activating group) is 1. The molecule has 1 aromatic heterocycles. The van der Waals surface area contributed by atoms with E-state index in [1.54, 1.807) is 13.0 Å². The van der Waals surface area contributed by atoms with E-state index < -0.39 is 5.97 Å². The maximum absolute atomic E-state index is 12.2. The first kappa shape index (κ1) is 18.5. The van der Waals surface area contributed by atoms with Crippen LogP contribution in [0.2, 0.25) is 0 Å². The largest absolute Gasteiger partial charge is 0.465 e. The van der Waals surface area contributed by atoms with E-state index in [2.05, 4.69) is 5.32 Å². The molecule has 6 heteroatoms. The zero-order valence-corrected chi connectivity index (χ0v) is 14.9. The number of nitrogens with one attached hydrogen (secondary N) is 1. The Morgan fingerprint density at radius 1 is 1.29 bits per heavy atom. The van der Waals surface area contributed by atoms with Crippen molar-refractivity contribution in [2.45, 2.75) is 58.0 Å². The second-order valence-corrected chi connectivity index (χ2v) is 6.60. The molecule has 1 aliphatic carbocycles. The zero-order valence-electron chi connectivity index (χ0n) is 14.9. The van der Waals surface area contributed by atoms with Crippen molar-refractivity contribution < 1.29 is 18.7 Å². The summed E-state index contributed by atoms with van der Waals surface area (Å²) in [6.07, 6.45) is 7.09. The van der Waals surface area contributed by atoms with Gasteiger partial charge in [0.15, 0.2) is 0 Å². The van der Waals surface area contributed by atoms with Gasteiger partial charge in [-0.25, -0.2) is 4.79 Å². The average molecular weight is 336 g/mol. The van der Waals surface area contributed by atoms with E-state index in [9.17, 15) is 9.59 Å². The minimum absolute atomic E-state index is 0.0425. The number of hydrogen-bond acceptors (Lipinski definition) is 5. The number of carbonyl (C=O) groups excluding carboxylic acids is 2. The predicted octanol–water partition coefficient (Wildman–Crippen LogP) is 2.65. The minimum Gasteiger partial charge on any atom is -0.465 e. The van der Waals surface area contributed by atoms with Crippen molar-refractivity contribution in [2.24, 2.45) is 0 Å². The Kier molecular flexibility index (Phi) is 6.85. The Bertz CT molecular complexity index is 559. The molecule has 1 amide bonds. The van der Waals surface area contributed by atoms with Gasteiger partial charge in [0.2, 0.25) is 5.91 Å². The minimum atomic E-state index is -0.406. The first-order chi connectivity index (χ1) is 11.5. The molecule has 134 valence electrons. The van der Waals surface area contributed by atoms with Gasteiger partial charge >= 0.3 is 5.97 Å². The summed E-state index contributed by atoms with van der Waals surface area (Å²) in [5, 5.41) is 3.13. The highest BCUT2D eigenvalue weighted by Crippen LogP contribution is 2.18. The number of carbonyl (C=O) groups is 2. The number of hydrogen-bond donors (Lipinski definition) is 1. The number of rotatable bonds is 6. The van der Waals surface area contributed by atoms with Crippen molar-refractivity contribution in [3.05, 3.63) is 23.2 Å². The maximum atomic E-state index is 12.2. The lowest BCUT2D eigenvalue weighted by Gasteiger charge is -2.19. The number of ether oxygens (including phenoxy) is 1. The molecule has 0 bridgehead atoms. The number of esters is 1. The first-order valence-electron chi connectivity index (χ1n) is 8.65. The zero-order chi connectivity index (χ0) is 17.5. The van der Waals surface area contributed by atoms with Crippen molar-refractivity contribution in [3.63, 3.8) is 0 Å². The summed E-state index contributed by atoms with van der Waals surface area (Å²) in [5.41, 5.74) is 0.434. The maximum Gasteiger partial charge on any atom is 0.341 e. The number of methoxy groups -OCH3 is 1. The molecule has 0 unspecified atom stereocenters. The molecule has 1 heterocycles. The van der Waals surface area contributed by atoms with Gasteiger partial charge in [0.1, 0.15) is 17.1 Å². The lowest BCUT2D eigenvalue weighted by Crippen LogP contribution is -2.40. The molecule has 1 saturated carbocycles. The summed E-state index contributed by atoms with van der Waals surface area (Å²) in [4.78, 5) is 25.7. The van der Waals surface area contributed by atoms with Crippen LogP contribution < -0.4 is 5.32 Å². The van der Waals surface area contributed by atoms with Crippen LogP contribution in [0.3, 0.4) is 0 Å². The van der Waals surface area contributed by atoms with Crippen LogP contribution in [-0.4, -0.2) is 43.5 Å². The van der Waals surface area contributed by atoms with Crippen molar-refractivity contribution in [3.8, 4) is 0 Å². The molecule has 0 saturated heterocycles. The molecule has 0 atom stereocenters. The third-order valence-electron chi connectivity index (χ3n) is 4.43. The molecule has 1 aliphatic rings. The molecule has 24 heavy (non-hydrogen) atoms. The molecule has 0 aliphatic heterocycles. The Balaban J connectivity index is 1.82. The molecule has 1 fully saturated rings. The SMILES string of the molecule is COC(=O)c1cc(CN(C)CC(=O)NC2CCCCCC2)oc1C. The van der Waals surface area contributed by atoms with E-state index in [0.29, 0.717) is 36.2 Å². The van der Waals surface area contributed by atoms with Crippen LogP contribution in [-0.2, 0) is 16.1 Å². The monoisotopic (exact) mass is 336 g/mol. The number of nitrogens with zero attached hydrogens (tertiary/aromatic N) is 1. The van der Waals surface area contributed by atoms with Gasteiger partial charge in [-0.1, -0.05) is 25.7 Å². The van der Waals surface area contributed by atoms with Crippen LogP contribution in [0.4, 0.5) is 0 Å². The summed E-state index contributed by atoms with van der Waals surface area (Å²) >= 11 is 0. The van der Waals surface area contributed by atoms with Crippen LogP contribution >= 0.6 is 0 Å². The van der Waals surface area contributed by atoms with Crippen molar-refractivity contribution >= 4 is 11.9 Å². The van der Waals surface area contributed by atoms with Crippen LogP contribution in [0.25, 0.3) is 0 Å². The summed E-state index contributed by atoms with van der Waals surface area (Å²) < 4.78 is 10.3. The van der Waals surface area contributed by atoms with E-state index in [0.717, 1.165) is 12.8 Å². The second kappa shape index (κ2) is 8.87. The molecule has 1 aromatic rings. The van der Waals surface area contributed by atoms with E-state index in [1.807, 2.05) is 11.9 Å². The Morgan fingerprint density at radius 2 is 1.96 bits per heavy atom. The average Bonchev–Trinajstić information content (AvgIpc) is 2.73. The molecule has 6 nitrogen and oxygen atoms in total. The van der Waals surface area contributed by atoms with Crippen molar-refractivity contribution in [1.82, 2.24) is 10.2 Å². The van der Waals surface area contributed by atoms with E-state index in [4.69, 9.17) is 9.15 Å². The summed E-state index contributed by atoms with van der Waals surface area (Å²) in [6, 6.07) is 1.99. The fourth-order valence-electron chi connectivity index (χ4n) is 3.20. The quantitative estimate of drug-likeness (QED) is 0.639. The topological polar surface area (TPSA) is 71.8 Å². The number of furan rings is 1. The van der Waals surface area contributed by atoms with Gasteiger partial charge in [0.25, 0.3) is 0 Å². The second-order valence-electron chi connectivity index (χ2n) is 6.60. The smallest absolute Gasteiger partial charge is 0.341 e. The van der Waals surface area contributed by atoms with Gasteiger partial charge in [0, 0.05) is 6.04 Å². The van der Waals surface area contributed by atoms with Crippen LogP contribution in [0.15, 0.2) is 10.5 Å². The third kappa shape index (κ3) is 5.37. The highest BCUT2D eigenvalue weighted by Gasteiger charge is 2.18. The molecule has 0 spiro atoms. The normalized spacial score (nSPS) is 16.0. The number of amides is 1. The molecule has 2 rings (SSSR count). The predicted molar refractivity (Wildman–Crippen MR) is 90.8 cm³/mol. The Hall–Kier alpha value is -1.82. The number of aryl methyl sites for hydroxylation is 1. The van der Waals surface area contributed by atoms with Crippen molar-refractivity contribution in [2.75, 3.05) is 20.7 Å². The summed E-state index contributed by atoms with van der Waals surface area (Å²) in [6.45, 7) is 2.51. The van der Waals surface area contributed by atoms with Gasteiger partial charge in [-0.2, -0.15) is 0 Å². The lowest BCUT2D eigenvalue weighted by molar-refractivity contribution is -0.122. The third-order valence-corrected chi connectivity index (χ3v) is 4.43. The van der Waals surface area contributed by atoms with Gasteiger partial charge in [-0.3, -0.25) is 9.69 Å². The standard InChI is InChI=1S/C18H28N2O4/c1-13-16(18(22)23-3)10-15(24-13)11-20(2)12-17(21)19-14-8-6-4-5-7-9-14/h10,14H,4-9,11-12H2,1-3H3,(H,19,21). The first-order valence-corrected chi connectivity index (χ1v) is 8.65. The molecular weight excluding hydrogens is 308 g/mol. The summed E-state index contributed by atoms with van der Waals surface area (Å²) in [5.74, 6) is 0.822. The van der Waals surface area contributed by atoms with Crippen LogP contribution in [0.5, 0.6) is 0 Å². The fraction of sp³-hybridized carbons (Fsp3) is 0.667. The van der Waals surface area contributed by atoms with Gasteiger partial charge in [-0.15, -0.1) is 0 Å². The van der Waals surface area contributed by atoms with Gasteiger partial charge in [0.05, 0.1) is 20.2 Å². The molecule has 0 aromatic carbocycles. The Morgan fingerprint density at radius 3 is 2.58 bits per heavy atom. The Labute approximate surface area is 143 Å². The van der Waals surface area contributed by atoms with Crippen LogP contribution in [0.1, 0.15) is 60.4 Å². The van der Waals surface area contributed by atoms with E-state index in [1.165, 1.54) is 32.8 Å². The molecular formula is C18H28N2O4. The van der Waals surface area contributed by atoms with E-state index >= 15 is 0 Å².